The van der Waals surface area contributed by atoms with E-state index in [-0.39, 0.29) is 0 Å². The molecule has 0 atom stereocenters. The van der Waals surface area contributed by atoms with Crippen molar-refractivity contribution in [2.24, 2.45) is 0 Å². The van der Waals surface area contributed by atoms with E-state index in [0.717, 1.165) is 8.96 Å². The van der Waals surface area contributed by atoms with Gasteiger partial charge in [0.15, 0.2) is 5.70 Å². The average molecular weight is 337 g/mol. The fourth-order valence-electron chi connectivity index (χ4n) is 2.99. The topological polar surface area (TPSA) is 7.94 Å². The minimum atomic E-state index is -3.90. The Morgan fingerprint density at radius 2 is 1.91 bits per heavy atom. The maximum atomic E-state index is 14.6. The van der Waals surface area contributed by atoms with Crippen molar-refractivity contribution in [3.8, 4) is 0 Å². The fourth-order valence-corrected chi connectivity index (χ4v) is 3.39. The van der Waals surface area contributed by atoms with Crippen LogP contribution in [-0.4, -0.2) is 22.1 Å². The van der Waals surface area contributed by atoms with Crippen LogP contribution in [0.2, 0.25) is 10.0 Å². The van der Waals surface area contributed by atoms with Gasteiger partial charge in [0.1, 0.15) is 6.21 Å². The van der Waals surface area contributed by atoms with Crippen LogP contribution in [0.15, 0.2) is 54.4 Å². The van der Waals surface area contributed by atoms with Crippen molar-refractivity contribution >= 4 is 42.0 Å². The molecule has 1 aromatic heterocycles. The molecule has 0 N–H and O–H groups in total. The third-order valence-corrected chi connectivity index (χ3v) is 4.78. The molecule has 0 saturated carbocycles. The second kappa shape index (κ2) is 4.57. The molecule has 0 bridgehead atoms. The minimum absolute atomic E-state index is 0.359. The molecule has 0 saturated heterocycles. The van der Waals surface area contributed by atoms with Crippen molar-refractivity contribution in [2.45, 2.75) is 0 Å². The number of benzene rings is 1. The number of nitrogens with zero attached hydrogens (tertiary/aromatic N) is 2. The number of hydrogen-bond donors (Lipinski definition) is 0. The normalized spacial score (nSPS) is 18.3. The molecule has 0 amide bonds. The molecular formula is C15H9BCl2F2N2. The van der Waals surface area contributed by atoms with Crippen molar-refractivity contribution in [2.75, 3.05) is 0 Å². The largest absolute Gasteiger partial charge is 0.737 e. The predicted molar refractivity (Wildman–Crippen MR) is 85.7 cm³/mol. The van der Waals surface area contributed by atoms with Gasteiger partial charge >= 0.3 is 6.97 Å². The van der Waals surface area contributed by atoms with Crippen LogP contribution in [0, 0.1) is 0 Å². The lowest BCUT2D eigenvalue weighted by Crippen LogP contribution is -2.49. The molecule has 110 valence electrons. The molecule has 4 rings (SSSR count). The highest BCUT2D eigenvalue weighted by molar-refractivity contribution is 6.57. The number of fused-ring (bicyclic) bond motifs is 2. The summed E-state index contributed by atoms with van der Waals surface area (Å²) in [5, 5.41) is 0.753. The van der Waals surface area contributed by atoms with E-state index in [4.69, 9.17) is 23.2 Å². The maximum Gasteiger partial charge on any atom is 0.737 e. The van der Waals surface area contributed by atoms with Crippen LogP contribution < -0.4 is 0 Å². The summed E-state index contributed by atoms with van der Waals surface area (Å²) < 4.78 is 31.3. The van der Waals surface area contributed by atoms with Gasteiger partial charge in [0.05, 0.1) is 15.6 Å². The van der Waals surface area contributed by atoms with Crippen molar-refractivity contribution in [3.05, 3.63) is 75.7 Å². The number of halogens is 4. The molecule has 2 aromatic rings. The number of aromatic nitrogens is 1. The zero-order chi connectivity index (χ0) is 15.5. The van der Waals surface area contributed by atoms with E-state index in [1.165, 1.54) is 12.4 Å². The summed E-state index contributed by atoms with van der Waals surface area (Å²) in [5.41, 5.74) is 2.15. The Morgan fingerprint density at radius 1 is 1.09 bits per heavy atom. The lowest BCUT2D eigenvalue weighted by atomic mass is 9.86. The molecule has 0 aliphatic carbocycles. The van der Waals surface area contributed by atoms with Crippen LogP contribution in [0.5, 0.6) is 0 Å². The zero-order valence-corrected chi connectivity index (χ0v) is 12.7. The Bertz CT molecular complexity index is 897. The second-order valence-electron chi connectivity index (χ2n) is 5.17. The summed E-state index contributed by atoms with van der Waals surface area (Å²) in [6.45, 7) is -3.90. The molecule has 7 heteroatoms. The SMILES string of the molecule is F[B-]1(F)n2cccc2C(c2cccc(Cl)c2Cl)=C2C=CC=[N+]21. The quantitative estimate of drug-likeness (QED) is 0.680. The lowest BCUT2D eigenvalue weighted by Gasteiger charge is -2.31. The van der Waals surface area contributed by atoms with Crippen LogP contribution in [0.1, 0.15) is 11.3 Å². The highest BCUT2D eigenvalue weighted by atomic mass is 35.5. The summed E-state index contributed by atoms with van der Waals surface area (Å²) in [6.07, 6.45) is 6.04. The Morgan fingerprint density at radius 3 is 2.73 bits per heavy atom. The summed E-state index contributed by atoms with van der Waals surface area (Å²) in [4.78, 5) is 0. The standard InChI is InChI=1S/C15H9BCl2F2N2/c17-11-5-1-4-10(15(11)18)14-12-6-2-8-21(12)16(19,20)22-9-3-7-13(14)22/h1-9H. The first-order chi connectivity index (χ1) is 10.5. The third-order valence-electron chi connectivity index (χ3n) is 3.96. The molecule has 2 nitrogen and oxygen atoms in total. The summed E-state index contributed by atoms with van der Waals surface area (Å²) in [6, 6.07) is 8.49. The van der Waals surface area contributed by atoms with E-state index in [9.17, 15) is 8.63 Å². The van der Waals surface area contributed by atoms with Crippen molar-refractivity contribution in [1.82, 2.24) is 4.48 Å². The van der Waals surface area contributed by atoms with Gasteiger partial charge in [-0.15, -0.1) is 0 Å². The Labute approximate surface area is 135 Å². The Balaban J connectivity index is 2.09. The summed E-state index contributed by atoms with van der Waals surface area (Å²) in [7, 11) is 0. The van der Waals surface area contributed by atoms with E-state index >= 15 is 0 Å². The molecule has 1 aromatic carbocycles. The van der Waals surface area contributed by atoms with Crippen LogP contribution in [0.3, 0.4) is 0 Å². The molecular weight excluding hydrogens is 328 g/mol. The van der Waals surface area contributed by atoms with Crippen LogP contribution >= 0.6 is 23.2 Å². The zero-order valence-electron chi connectivity index (χ0n) is 11.2. The van der Waals surface area contributed by atoms with Crippen LogP contribution in [0.25, 0.3) is 5.57 Å². The van der Waals surface area contributed by atoms with Gasteiger partial charge in [0, 0.05) is 23.4 Å². The lowest BCUT2D eigenvalue weighted by molar-refractivity contribution is -0.356. The average Bonchev–Trinajstić information content (AvgIpc) is 3.13. The molecule has 2 aliphatic rings. The van der Waals surface area contributed by atoms with Crippen molar-refractivity contribution < 1.29 is 13.1 Å². The summed E-state index contributed by atoms with van der Waals surface area (Å²) in [5.74, 6) is 0. The van der Waals surface area contributed by atoms with Crippen LogP contribution in [-0.2, 0) is 0 Å². The van der Waals surface area contributed by atoms with Gasteiger partial charge in [-0.3, -0.25) is 0 Å². The molecule has 0 spiro atoms. The third kappa shape index (κ3) is 1.69. The van der Waals surface area contributed by atoms with Gasteiger partial charge < -0.3 is 17.6 Å². The van der Waals surface area contributed by atoms with E-state index in [2.05, 4.69) is 0 Å². The number of allylic oxidation sites excluding steroid dienone is 2. The van der Waals surface area contributed by atoms with Crippen molar-refractivity contribution in [3.63, 3.8) is 0 Å². The van der Waals surface area contributed by atoms with Crippen LogP contribution in [0.4, 0.5) is 8.63 Å². The van der Waals surface area contributed by atoms with E-state index in [1.807, 2.05) is 0 Å². The van der Waals surface area contributed by atoms with E-state index in [1.54, 1.807) is 42.5 Å². The highest BCUT2D eigenvalue weighted by Gasteiger charge is 2.51. The van der Waals surface area contributed by atoms with E-state index in [0.29, 0.717) is 32.6 Å². The van der Waals surface area contributed by atoms with E-state index < -0.39 is 6.97 Å². The second-order valence-corrected chi connectivity index (χ2v) is 5.95. The Kier molecular flexibility index (Phi) is 2.87. The monoisotopic (exact) mass is 336 g/mol. The first kappa shape index (κ1) is 13.8. The molecule has 22 heavy (non-hydrogen) atoms. The van der Waals surface area contributed by atoms with Gasteiger partial charge in [-0.25, -0.2) is 0 Å². The molecule has 3 heterocycles. The first-order valence-corrected chi connectivity index (χ1v) is 7.46. The Hall–Kier alpha value is -1.85. The minimum Gasteiger partial charge on any atom is -0.396 e. The van der Waals surface area contributed by atoms with Gasteiger partial charge in [-0.05, 0) is 24.4 Å². The predicted octanol–water partition coefficient (Wildman–Crippen LogP) is 4.44. The smallest absolute Gasteiger partial charge is 0.396 e. The van der Waals surface area contributed by atoms with Gasteiger partial charge in [0.25, 0.3) is 0 Å². The summed E-state index contributed by atoms with van der Waals surface area (Å²) >= 11 is 12.4. The first-order valence-electron chi connectivity index (χ1n) is 6.70. The molecule has 0 fully saturated rings. The van der Waals surface area contributed by atoms with Gasteiger partial charge in [0.2, 0.25) is 0 Å². The highest BCUT2D eigenvalue weighted by Crippen LogP contribution is 2.41. The van der Waals surface area contributed by atoms with Crippen molar-refractivity contribution in [1.29, 1.82) is 0 Å². The number of hydrogen-bond acceptors (Lipinski definition) is 0. The maximum absolute atomic E-state index is 14.6. The van der Waals surface area contributed by atoms with Gasteiger partial charge in [-0.2, -0.15) is 0 Å². The van der Waals surface area contributed by atoms with Gasteiger partial charge in [-0.1, -0.05) is 35.3 Å². The number of rotatable bonds is 1. The fraction of sp³-hybridized carbons (Fsp3) is 0. The molecule has 0 radical (unpaired) electrons. The molecule has 0 unspecified atom stereocenters. The molecule has 2 aliphatic heterocycles.